The molecule has 9 nitrogen and oxygen atoms in total. The monoisotopic (exact) mass is 288 g/mol. The van der Waals surface area contributed by atoms with Gasteiger partial charge in [-0.3, -0.25) is 10.1 Å². The van der Waals surface area contributed by atoms with E-state index >= 15 is 0 Å². The minimum Gasteiger partial charge on any atom is -0.383 e. The zero-order valence-electron chi connectivity index (χ0n) is 10.8. The number of anilines is 2. The largest absolute Gasteiger partial charge is 0.383 e. The van der Waals surface area contributed by atoms with Crippen LogP contribution in [0.3, 0.4) is 0 Å². The fourth-order valence-electron chi connectivity index (χ4n) is 1.55. The van der Waals surface area contributed by atoms with Gasteiger partial charge in [0, 0.05) is 36.1 Å². The molecule has 1 aromatic heterocycles. The summed E-state index contributed by atoms with van der Waals surface area (Å²) in [5.41, 5.74) is 6.41. The quantitative estimate of drug-likeness (QED) is 0.572. The standard InChI is InChI=1S/C12H12N6O3/c13-11-8(5-14-7-16-11)6-15-12(19)17-9-2-1-3-10(4-9)18(20)21/h1-5,7H,6H2,(H2,13,14,16)(H2,15,17,19). The molecule has 0 unspecified atom stereocenters. The van der Waals surface area contributed by atoms with Crippen LogP contribution in [-0.4, -0.2) is 20.9 Å². The number of rotatable bonds is 4. The van der Waals surface area contributed by atoms with Crippen molar-refractivity contribution in [2.24, 2.45) is 0 Å². The summed E-state index contributed by atoms with van der Waals surface area (Å²) < 4.78 is 0. The van der Waals surface area contributed by atoms with Crippen molar-refractivity contribution in [2.45, 2.75) is 6.54 Å². The van der Waals surface area contributed by atoms with E-state index in [4.69, 9.17) is 5.73 Å². The van der Waals surface area contributed by atoms with Crippen LogP contribution in [-0.2, 0) is 6.54 Å². The molecule has 0 radical (unpaired) electrons. The number of benzene rings is 1. The maximum Gasteiger partial charge on any atom is 0.319 e. The van der Waals surface area contributed by atoms with E-state index in [0.29, 0.717) is 11.3 Å². The molecule has 108 valence electrons. The van der Waals surface area contributed by atoms with E-state index in [9.17, 15) is 14.9 Å². The number of carbonyl (C=O) groups is 1. The number of non-ortho nitro benzene ring substituents is 1. The Morgan fingerprint density at radius 3 is 2.95 bits per heavy atom. The first-order valence-corrected chi connectivity index (χ1v) is 5.90. The third-order valence-corrected chi connectivity index (χ3v) is 2.58. The van der Waals surface area contributed by atoms with E-state index in [1.807, 2.05) is 0 Å². The second kappa shape index (κ2) is 6.28. The van der Waals surface area contributed by atoms with Crippen LogP contribution in [0.4, 0.5) is 22.0 Å². The van der Waals surface area contributed by atoms with E-state index in [2.05, 4.69) is 20.6 Å². The Labute approximate surface area is 119 Å². The van der Waals surface area contributed by atoms with Crippen molar-refractivity contribution in [3.05, 3.63) is 52.5 Å². The van der Waals surface area contributed by atoms with Crippen LogP contribution in [0.5, 0.6) is 0 Å². The van der Waals surface area contributed by atoms with Crippen molar-refractivity contribution < 1.29 is 9.72 Å². The maximum absolute atomic E-state index is 11.7. The van der Waals surface area contributed by atoms with Crippen LogP contribution in [0.2, 0.25) is 0 Å². The van der Waals surface area contributed by atoms with Crippen LogP contribution in [0.25, 0.3) is 0 Å². The molecule has 0 saturated heterocycles. The van der Waals surface area contributed by atoms with Gasteiger partial charge < -0.3 is 16.4 Å². The third kappa shape index (κ3) is 3.86. The van der Waals surface area contributed by atoms with Crippen molar-refractivity contribution in [2.75, 3.05) is 11.1 Å². The molecule has 2 rings (SSSR count). The van der Waals surface area contributed by atoms with Gasteiger partial charge in [-0.05, 0) is 6.07 Å². The molecule has 0 saturated carbocycles. The average molecular weight is 288 g/mol. The second-order valence-electron chi connectivity index (χ2n) is 4.05. The molecule has 9 heteroatoms. The normalized spacial score (nSPS) is 9.90. The van der Waals surface area contributed by atoms with Crippen molar-refractivity contribution in [3.8, 4) is 0 Å². The Hall–Kier alpha value is -3.23. The molecule has 0 aliphatic heterocycles. The number of nitro groups is 1. The molecule has 2 amide bonds. The van der Waals surface area contributed by atoms with Gasteiger partial charge in [0.2, 0.25) is 0 Å². The smallest absolute Gasteiger partial charge is 0.319 e. The predicted molar refractivity (Wildman–Crippen MR) is 75.4 cm³/mol. The molecule has 21 heavy (non-hydrogen) atoms. The van der Waals surface area contributed by atoms with E-state index in [1.54, 1.807) is 6.07 Å². The highest BCUT2D eigenvalue weighted by Crippen LogP contribution is 2.16. The van der Waals surface area contributed by atoms with E-state index in [0.717, 1.165) is 0 Å². The molecule has 0 aliphatic rings. The number of aromatic nitrogens is 2. The molecule has 1 heterocycles. The van der Waals surface area contributed by atoms with Gasteiger partial charge in [-0.2, -0.15) is 0 Å². The fourth-order valence-corrected chi connectivity index (χ4v) is 1.55. The topological polar surface area (TPSA) is 136 Å². The lowest BCUT2D eigenvalue weighted by atomic mass is 10.3. The van der Waals surface area contributed by atoms with Gasteiger partial charge in [0.25, 0.3) is 5.69 Å². The fraction of sp³-hybridized carbons (Fsp3) is 0.0833. The van der Waals surface area contributed by atoms with Crippen LogP contribution < -0.4 is 16.4 Å². The summed E-state index contributed by atoms with van der Waals surface area (Å²) >= 11 is 0. The zero-order chi connectivity index (χ0) is 15.2. The number of nitrogens with one attached hydrogen (secondary N) is 2. The highest BCUT2D eigenvalue weighted by atomic mass is 16.6. The number of hydrogen-bond donors (Lipinski definition) is 3. The van der Waals surface area contributed by atoms with Crippen LogP contribution in [0.1, 0.15) is 5.56 Å². The van der Waals surface area contributed by atoms with Crippen LogP contribution in [0, 0.1) is 10.1 Å². The number of nitrogens with zero attached hydrogens (tertiary/aromatic N) is 3. The average Bonchev–Trinajstić information content (AvgIpc) is 2.46. The Balaban J connectivity index is 1.95. The molecule has 4 N–H and O–H groups in total. The summed E-state index contributed by atoms with van der Waals surface area (Å²) in [6, 6.07) is 5.12. The van der Waals surface area contributed by atoms with Gasteiger partial charge >= 0.3 is 6.03 Å². The summed E-state index contributed by atoms with van der Waals surface area (Å²) in [6.07, 6.45) is 2.80. The first kappa shape index (κ1) is 14.2. The van der Waals surface area contributed by atoms with Crippen molar-refractivity contribution >= 4 is 23.2 Å². The first-order valence-electron chi connectivity index (χ1n) is 5.90. The second-order valence-corrected chi connectivity index (χ2v) is 4.05. The molecular formula is C12H12N6O3. The molecule has 0 bridgehead atoms. The predicted octanol–water partition coefficient (Wildman–Crippen LogP) is 1.29. The molecule has 0 atom stereocenters. The summed E-state index contributed by atoms with van der Waals surface area (Å²) in [5, 5.41) is 15.7. The van der Waals surface area contributed by atoms with Gasteiger partial charge in [0.05, 0.1) is 4.92 Å². The minimum atomic E-state index is -0.537. The van der Waals surface area contributed by atoms with Crippen molar-refractivity contribution in [1.29, 1.82) is 0 Å². The first-order chi connectivity index (χ1) is 10.1. The Morgan fingerprint density at radius 2 is 2.24 bits per heavy atom. The van der Waals surface area contributed by atoms with Gasteiger partial charge in [-0.15, -0.1) is 0 Å². The molecule has 1 aromatic carbocycles. The Morgan fingerprint density at radius 1 is 1.43 bits per heavy atom. The lowest BCUT2D eigenvalue weighted by Crippen LogP contribution is -2.28. The lowest BCUT2D eigenvalue weighted by Gasteiger charge is -2.08. The molecule has 0 fully saturated rings. The van der Waals surface area contributed by atoms with Crippen LogP contribution >= 0.6 is 0 Å². The van der Waals surface area contributed by atoms with Gasteiger partial charge in [0.15, 0.2) is 0 Å². The van der Waals surface area contributed by atoms with E-state index in [1.165, 1.54) is 30.7 Å². The zero-order valence-corrected chi connectivity index (χ0v) is 10.8. The van der Waals surface area contributed by atoms with Gasteiger partial charge in [-0.25, -0.2) is 14.8 Å². The number of amides is 2. The highest BCUT2D eigenvalue weighted by Gasteiger charge is 2.08. The van der Waals surface area contributed by atoms with Gasteiger partial charge in [-0.1, -0.05) is 6.07 Å². The number of hydrogen-bond acceptors (Lipinski definition) is 6. The SMILES string of the molecule is Nc1ncncc1CNC(=O)Nc1cccc([N+](=O)[O-])c1. The number of urea groups is 1. The number of nitrogen functional groups attached to an aromatic ring is 1. The molecular weight excluding hydrogens is 276 g/mol. The molecule has 2 aromatic rings. The summed E-state index contributed by atoms with van der Waals surface area (Å²) in [6.45, 7) is 0.146. The number of nitrogens with two attached hydrogens (primary N) is 1. The van der Waals surface area contributed by atoms with E-state index < -0.39 is 11.0 Å². The highest BCUT2D eigenvalue weighted by molar-refractivity contribution is 5.89. The van der Waals surface area contributed by atoms with Crippen molar-refractivity contribution in [3.63, 3.8) is 0 Å². The van der Waals surface area contributed by atoms with Crippen LogP contribution in [0.15, 0.2) is 36.8 Å². The molecule has 0 aliphatic carbocycles. The minimum absolute atomic E-state index is 0.103. The maximum atomic E-state index is 11.7. The number of nitro benzene ring substituents is 1. The summed E-state index contributed by atoms with van der Waals surface area (Å²) in [7, 11) is 0. The third-order valence-electron chi connectivity index (χ3n) is 2.58. The van der Waals surface area contributed by atoms with Crippen molar-refractivity contribution in [1.82, 2.24) is 15.3 Å². The number of carbonyl (C=O) groups excluding carboxylic acids is 1. The lowest BCUT2D eigenvalue weighted by molar-refractivity contribution is -0.384. The molecule has 0 spiro atoms. The summed E-state index contributed by atoms with van der Waals surface area (Å²) in [5.74, 6) is 0.278. The Bertz CT molecular complexity index is 676. The van der Waals surface area contributed by atoms with Gasteiger partial charge in [0.1, 0.15) is 12.1 Å². The Kier molecular flexibility index (Phi) is 4.24. The summed E-state index contributed by atoms with van der Waals surface area (Å²) in [4.78, 5) is 29.4. The van der Waals surface area contributed by atoms with E-state index in [-0.39, 0.29) is 18.1 Å².